The predicted octanol–water partition coefficient (Wildman–Crippen LogP) is 3.28. The zero-order valence-corrected chi connectivity index (χ0v) is 14.6. The van der Waals surface area contributed by atoms with Crippen molar-refractivity contribution in [2.24, 2.45) is 0 Å². The highest BCUT2D eigenvalue weighted by atomic mass is 16.1. The van der Waals surface area contributed by atoms with Crippen LogP contribution < -0.4 is 10.3 Å². The van der Waals surface area contributed by atoms with Gasteiger partial charge in [0.2, 0.25) is 0 Å². The highest BCUT2D eigenvalue weighted by Gasteiger charge is 2.21. The van der Waals surface area contributed by atoms with Crippen molar-refractivity contribution in [2.45, 2.75) is 45.7 Å². The van der Waals surface area contributed by atoms with Gasteiger partial charge in [0, 0.05) is 54.5 Å². The van der Waals surface area contributed by atoms with Crippen molar-refractivity contribution in [2.75, 3.05) is 25.5 Å². The van der Waals surface area contributed by atoms with E-state index in [1.807, 2.05) is 44.1 Å². The monoisotopic (exact) mass is 313 g/mol. The number of aromatic nitrogens is 1. The lowest BCUT2D eigenvalue weighted by Gasteiger charge is -2.33. The van der Waals surface area contributed by atoms with E-state index in [1.165, 1.54) is 19.3 Å². The molecule has 2 heterocycles. The quantitative estimate of drug-likeness (QED) is 0.945. The third kappa shape index (κ3) is 3.13. The minimum absolute atomic E-state index is 0.178. The lowest BCUT2D eigenvalue weighted by atomic mass is 10.0. The Morgan fingerprint density at radius 3 is 2.78 bits per heavy atom. The van der Waals surface area contributed by atoms with Crippen LogP contribution in [-0.4, -0.2) is 36.6 Å². The summed E-state index contributed by atoms with van der Waals surface area (Å²) in [4.78, 5) is 20.9. The summed E-state index contributed by atoms with van der Waals surface area (Å²) >= 11 is 0. The van der Waals surface area contributed by atoms with Crippen LogP contribution in [0.2, 0.25) is 0 Å². The standard InChI is InChI=1S/C19H27N3O/c1-13-7-5-6-10-22(13)12-17-14(2)20-18-9-8-15(21(3)4)11-16(18)19(17)23/h8-9,11,13H,5-7,10,12H2,1-4H3,(H,20,23)/t13-/m0/s1. The van der Waals surface area contributed by atoms with Gasteiger partial charge in [0.25, 0.3) is 0 Å². The molecule has 4 nitrogen and oxygen atoms in total. The van der Waals surface area contributed by atoms with Crippen molar-refractivity contribution in [1.82, 2.24) is 9.88 Å². The molecule has 0 bridgehead atoms. The molecule has 0 unspecified atom stereocenters. The van der Waals surface area contributed by atoms with E-state index in [2.05, 4.69) is 16.8 Å². The Labute approximate surface area is 138 Å². The summed E-state index contributed by atoms with van der Waals surface area (Å²) in [6.45, 7) is 6.14. The summed E-state index contributed by atoms with van der Waals surface area (Å²) in [5, 5.41) is 0.793. The Bertz CT molecular complexity index is 763. The number of pyridine rings is 1. The molecule has 0 radical (unpaired) electrons. The highest BCUT2D eigenvalue weighted by Crippen LogP contribution is 2.22. The lowest BCUT2D eigenvalue weighted by molar-refractivity contribution is 0.152. The van der Waals surface area contributed by atoms with Gasteiger partial charge < -0.3 is 9.88 Å². The van der Waals surface area contributed by atoms with E-state index in [0.717, 1.165) is 40.9 Å². The summed E-state index contributed by atoms with van der Waals surface area (Å²) in [7, 11) is 4.00. The third-order valence-corrected chi connectivity index (χ3v) is 5.11. The van der Waals surface area contributed by atoms with E-state index >= 15 is 0 Å². The Hall–Kier alpha value is -1.81. The van der Waals surface area contributed by atoms with Crippen LogP contribution in [0.3, 0.4) is 0 Å². The van der Waals surface area contributed by atoms with Gasteiger partial charge in [0.05, 0.1) is 0 Å². The van der Waals surface area contributed by atoms with E-state index in [-0.39, 0.29) is 5.43 Å². The molecule has 3 rings (SSSR count). The van der Waals surface area contributed by atoms with E-state index in [0.29, 0.717) is 6.04 Å². The first-order valence-corrected chi connectivity index (χ1v) is 8.54. The fourth-order valence-corrected chi connectivity index (χ4v) is 3.50. The summed E-state index contributed by atoms with van der Waals surface area (Å²) in [5.74, 6) is 0. The normalized spacial score (nSPS) is 19.2. The Morgan fingerprint density at radius 1 is 1.30 bits per heavy atom. The van der Waals surface area contributed by atoms with E-state index in [4.69, 9.17) is 0 Å². The highest BCUT2D eigenvalue weighted by molar-refractivity contribution is 5.83. The molecule has 2 aromatic rings. The average Bonchev–Trinajstić information content (AvgIpc) is 2.52. The smallest absolute Gasteiger partial charge is 0.194 e. The number of likely N-dealkylation sites (tertiary alicyclic amines) is 1. The van der Waals surface area contributed by atoms with Gasteiger partial charge in [-0.25, -0.2) is 0 Å². The van der Waals surface area contributed by atoms with Crippen molar-refractivity contribution >= 4 is 16.6 Å². The number of piperidine rings is 1. The average molecular weight is 313 g/mol. The van der Waals surface area contributed by atoms with Crippen molar-refractivity contribution in [1.29, 1.82) is 0 Å². The van der Waals surface area contributed by atoms with Crippen LogP contribution in [0, 0.1) is 6.92 Å². The lowest BCUT2D eigenvalue weighted by Crippen LogP contribution is -2.38. The number of anilines is 1. The molecule has 1 N–H and O–H groups in total. The molecule has 0 aliphatic carbocycles. The number of nitrogens with one attached hydrogen (secondary N) is 1. The van der Waals surface area contributed by atoms with Gasteiger partial charge in [-0.15, -0.1) is 0 Å². The largest absolute Gasteiger partial charge is 0.378 e. The Morgan fingerprint density at radius 2 is 2.09 bits per heavy atom. The minimum Gasteiger partial charge on any atom is -0.378 e. The second-order valence-electron chi connectivity index (χ2n) is 7.00. The molecule has 0 spiro atoms. The molecule has 4 heteroatoms. The third-order valence-electron chi connectivity index (χ3n) is 5.11. The number of rotatable bonds is 3. The van der Waals surface area contributed by atoms with Gasteiger partial charge in [-0.2, -0.15) is 0 Å². The first kappa shape index (κ1) is 16.1. The molecule has 1 aliphatic heterocycles. The molecule has 1 atom stereocenters. The van der Waals surface area contributed by atoms with Crippen LogP contribution in [0.25, 0.3) is 10.9 Å². The summed E-state index contributed by atoms with van der Waals surface area (Å²) in [6.07, 6.45) is 3.77. The first-order valence-electron chi connectivity index (χ1n) is 8.54. The number of nitrogens with zero attached hydrogens (tertiary/aromatic N) is 2. The Balaban J connectivity index is 2.04. The number of H-pyrrole nitrogens is 1. The van der Waals surface area contributed by atoms with Crippen molar-refractivity contribution in [3.63, 3.8) is 0 Å². The fraction of sp³-hybridized carbons (Fsp3) is 0.526. The molecule has 1 fully saturated rings. The molecular formula is C19H27N3O. The van der Waals surface area contributed by atoms with Gasteiger partial charge in [0.1, 0.15) is 0 Å². The molecule has 0 amide bonds. The second kappa shape index (κ2) is 6.36. The summed E-state index contributed by atoms with van der Waals surface area (Å²) in [6, 6.07) is 6.61. The predicted molar refractivity (Wildman–Crippen MR) is 97.4 cm³/mol. The fourth-order valence-electron chi connectivity index (χ4n) is 3.50. The van der Waals surface area contributed by atoms with E-state index in [9.17, 15) is 4.79 Å². The maximum Gasteiger partial charge on any atom is 0.194 e. The molecule has 1 aromatic carbocycles. The maximum atomic E-state index is 13.0. The van der Waals surface area contributed by atoms with E-state index < -0.39 is 0 Å². The van der Waals surface area contributed by atoms with Crippen LogP contribution in [0.4, 0.5) is 5.69 Å². The zero-order chi connectivity index (χ0) is 16.6. The van der Waals surface area contributed by atoms with E-state index in [1.54, 1.807) is 0 Å². The summed E-state index contributed by atoms with van der Waals surface area (Å²) in [5.41, 5.74) is 4.08. The maximum absolute atomic E-state index is 13.0. The number of fused-ring (bicyclic) bond motifs is 1. The molecule has 1 aromatic heterocycles. The van der Waals surface area contributed by atoms with Crippen molar-refractivity contribution in [3.8, 4) is 0 Å². The number of aryl methyl sites for hydroxylation is 1. The number of hydrogen-bond donors (Lipinski definition) is 1. The molecule has 23 heavy (non-hydrogen) atoms. The van der Waals surface area contributed by atoms with Crippen LogP contribution in [0.1, 0.15) is 37.4 Å². The molecular weight excluding hydrogens is 286 g/mol. The van der Waals surface area contributed by atoms with Crippen LogP contribution >= 0.6 is 0 Å². The minimum atomic E-state index is 0.178. The Kier molecular flexibility index (Phi) is 4.44. The number of aromatic amines is 1. The molecule has 0 saturated carbocycles. The van der Waals surface area contributed by atoms with Crippen LogP contribution in [0.5, 0.6) is 0 Å². The summed E-state index contributed by atoms with van der Waals surface area (Å²) < 4.78 is 0. The van der Waals surface area contributed by atoms with Crippen LogP contribution in [-0.2, 0) is 6.54 Å². The topological polar surface area (TPSA) is 39.3 Å². The SMILES string of the molecule is Cc1[nH]c2ccc(N(C)C)cc2c(=O)c1CN1CCCC[C@@H]1C. The van der Waals surface area contributed by atoms with Gasteiger partial charge in [0.15, 0.2) is 5.43 Å². The van der Waals surface area contributed by atoms with Crippen LogP contribution in [0.15, 0.2) is 23.0 Å². The molecule has 1 aliphatic rings. The van der Waals surface area contributed by atoms with Gasteiger partial charge in [-0.1, -0.05) is 6.42 Å². The molecule has 124 valence electrons. The molecule has 1 saturated heterocycles. The first-order chi connectivity index (χ1) is 11.0. The van der Waals surface area contributed by atoms with Gasteiger partial charge >= 0.3 is 0 Å². The van der Waals surface area contributed by atoms with Crippen molar-refractivity contribution < 1.29 is 0 Å². The van der Waals surface area contributed by atoms with Crippen molar-refractivity contribution in [3.05, 3.63) is 39.7 Å². The second-order valence-corrected chi connectivity index (χ2v) is 7.00. The number of hydrogen-bond acceptors (Lipinski definition) is 3. The van der Waals surface area contributed by atoms with Gasteiger partial charge in [-0.05, 0) is 51.4 Å². The number of benzene rings is 1. The zero-order valence-electron chi connectivity index (χ0n) is 14.6. The van der Waals surface area contributed by atoms with Gasteiger partial charge in [-0.3, -0.25) is 9.69 Å².